The third kappa shape index (κ3) is 2.35. The summed E-state index contributed by atoms with van der Waals surface area (Å²) in [6, 6.07) is 5.03. The maximum atomic E-state index is 11.1. The van der Waals surface area contributed by atoms with E-state index in [0.717, 1.165) is 25.2 Å². The third-order valence-electron chi connectivity index (χ3n) is 2.66. The number of nitrogens with one attached hydrogen (secondary N) is 2. The minimum Gasteiger partial charge on any atom is -0.478 e. The zero-order chi connectivity index (χ0) is 11.5. The number of carbonyl (C=O) groups is 1. The van der Waals surface area contributed by atoms with Gasteiger partial charge in [0.25, 0.3) is 0 Å². The summed E-state index contributed by atoms with van der Waals surface area (Å²) in [5, 5.41) is 16.1. The highest BCUT2D eigenvalue weighted by Crippen LogP contribution is 2.22. The van der Waals surface area contributed by atoms with E-state index in [4.69, 9.17) is 16.7 Å². The van der Waals surface area contributed by atoms with Crippen LogP contribution < -0.4 is 10.6 Å². The van der Waals surface area contributed by atoms with Crippen LogP contribution in [0.1, 0.15) is 22.0 Å². The van der Waals surface area contributed by atoms with Crippen molar-refractivity contribution in [3.8, 4) is 0 Å². The third-order valence-corrected chi connectivity index (χ3v) is 2.90. The number of piperazine rings is 1. The van der Waals surface area contributed by atoms with Crippen LogP contribution in [0.15, 0.2) is 18.2 Å². The van der Waals surface area contributed by atoms with Crippen LogP contribution in [0.2, 0.25) is 5.02 Å². The van der Waals surface area contributed by atoms with Crippen LogP contribution in [0.3, 0.4) is 0 Å². The summed E-state index contributed by atoms with van der Waals surface area (Å²) in [7, 11) is 0. The first-order chi connectivity index (χ1) is 7.68. The Morgan fingerprint density at radius 2 is 2.25 bits per heavy atom. The van der Waals surface area contributed by atoms with Crippen LogP contribution >= 0.6 is 11.6 Å². The molecule has 2 rings (SSSR count). The quantitative estimate of drug-likeness (QED) is 0.729. The molecule has 1 aliphatic heterocycles. The van der Waals surface area contributed by atoms with E-state index in [1.807, 2.05) is 0 Å². The molecule has 0 spiro atoms. The normalized spacial score (nSPS) is 20.7. The van der Waals surface area contributed by atoms with Gasteiger partial charge in [0, 0.05) is 30.7 Å². The van der Waals surface area contributed by atoms with Crippen molar-refractivity contribution in [1.82, 2.24) is 10.6 Å². The molecule has 1 heterocycles. The molecule has 1 atom stereocenters. The van der Waals surface area contributed by atoms with Gasteiger partial charge in [-0.2, -0.15) is 0 Å². The van der Waals surface area contributed by atoms with Crippen LogP contribution in [0.25, 0.3) is 0 Å². The average Bonchev–Trinajstić information content (AvgIpc) is 2.30. The van der Waals surface area contributed by atoms with Crippen LogP contribution in [0.5, 0.6) is 0 Å². The van der Waals surface area contributed by atoms with Gasteiger partial charge in [0.2, 0.25) is 0 Å². The van der Waals surface area contributed by atoms with Gasteiger partial charge < -0.3 is 15.7 Å². The maximum absolute atomic E-state index is 11.1. The predicted octanol–water partition coefficient (Wildman–Crippen LogP) is 1.27. The summed E-state index contributed by atoms with van der Waals surface area (Å²) in [5.74, 6) is -0.940. The van der Waals surface area contributed by atoms with Gasteiger partial charge in [-0.3, -0.25) is 0 Å². The van der Waals surface area contributed by atoms with Crippen LogP contribution in [0.4, 0.5) is 0 Å². The minimum atomic E-state index is -0.940. The topological polar surface area (TPSA) is 61.4 Å². The number of rotatable bonds is 2. The van der Waals surface area contributed by atoms with E-state index >= 15 is 0 Å². The summed E-state index contributed by atoms with van der Waals surface area (Å²) >= 11 is 5.80. The van der Waals surface area contributed by atoms with Crippen molar-refractivity contribution in [2.45, 2.75) is 6.04 Å². The molecule has 0 unspecified atom stereocenters. The summed E-state index contributed by atoms with van der Waals surface area (Å²) in [5.41, 5.74) is 1.05. The summed E-state index contributed by atoms with van der Waals surface area (Å²) < 4.78 is 0. The Morgan fingerprint density at radius 3 is 2.88 bits per heavy atom. The van der Waals surface area contributed by atoms with Crippen molar-refractivity contribution < 1.29 is 9.90 Å². The largest absolute Gasteiger partial charge is 0.478 e. The number of carboxylic acids is 1. The Morgan fingerprint density at radius 1 is 1.44 bits per heavy atom. The molecule has 86 valence electrons. The molecule has 1 aromatic carbocycles. The lowest BCUT2D eigenvalue weighted by Gasteiger charge is -2.26. The molecule has 4 nitrogen and oxygen atoms in total. The van der Waals surface area contributed by atoms with E-state index in [2.05, 4.69) is 10.6 Å². The number of hydrogen-bond donors (Lipinski definition) is 3. The number of aromatic carboxylic acids is 1. The van der Waals surface area contributed by atoms with E-state index in [-0.39, 0.29) is 11.6 Å². The molecule has 0 amide bonds. The van der Waals surface area contributed by atoms with E-state index in [1.54, 1.807) is 12.1 Å². The van der Waals surface area contributed by atoms with Gasteiger partial charge >= 0.3 is 5.97 Å². The molecule has 1 fully saturated rings. The van der Waals surface area contributed by atoms with E-state index in [0.29, 0.717) is 5.02 Å². The standard InChI is InChI=1S/C11H13ClN2O2/c12-7-1-2-8(9(5-7)11(15)16)10-6-13-3-4-14-10/h1-2,5,10,13-14H,3-4,6H2,(H,15,16)/t10-/m1/s1. The van der Waals surface area contributed by atoms with Gasteiger partial charge in [-0.25, -0.2) is 4.79 Å². The highest BCUT2D eigenvalue weighted by atomic mass is 35.5. The molecule has 0 radical (unpaired) electrons. The van der Waals surface area contributed by atoms with Gasteiger partial charge in [0.15, 0.2) is 0 Å². The molecule has 16 heavy (non-hydrogen) atoms. The molecular formula is C11H13ClN2O2. The first-order valence-electron chi connectivity index (χ1n) is 5.15. The fraction of sp³-hybridized carbons (Fsp3) is 0.364. The van der Waals surface area contributed by atoms with Crippen molar-refractivity contribution in [2.75, 3.05) is 19.6 Å². The number of halogens is 1. The zero-order valence-electron chi connectivity index (χ0n) is 8.66. The van der Waals surface area contributed by atoms with Crippen LogP contribution in [-0.2, 0) is 0 Å². The zero-order valence-corrected chi connectivity index (χ0v) is 9.42. The first kappa shape index (κ1) is 11.4. The Kier molecular flexibility index (Phi) is 3.43. The Bertz CT molecular complexity index is 403. The van der Waals surface area contributed by atoms with Gasteiger partial charge in [0.05, 0.1) is 5.56 Å². The fourth-order valence-electron chi connectivity index (χ4n) is 1.89. The van der Waals surface area contributed by atoms with Crippen molar-refractivity contribution in [1.29, 1.82) is 0 Å². The van der Waals surface area contributed by atoms with Crippen molar-refractivity contribution in [3.63, 3.8) is 0 Å². The molecule has 1 aromatic rings. The summed E-state index contributed by atoms with van der Waals surface area (Å²) in [6.07, 6.45) is 0. The van der Waals surface area contributed by atoms with Gasteiger partial charge in [-0.1, -0.05) is 17.7 Å². The Labute approximate surface area is 98.6 Å². The second-order valence-corrected chi connectivity index (χ2v) is 4.18. The van der Waals surface area contributed by atoms with Crippen molar-refractivity contribution in [2.24, 2.45) is 0 Å². The molecular weight excluding hydrogens is 228 g/mol. The lowest BCUT2D eigenvalue weighted by atomic mass is 9.99. The lowest BCUT2D eigenvalue weighted by molar-refractivity contribution is 0.0694. The monoisotopic (exact) mass is 240 g/mol. The van der Waals surface area contributed by atoms with Gasteiger partial charge in [-0.05, 0) is 17.7 Å². The number of benzene rings is 1. The van der Waals surface area contributed by atoms with Crippen molar-refractivity contribution >= 4 is 17.6 Å². The molecule has 0 aliphatic carbocycles. The molecule has 3 N–H and O–H groups in total. The fourth-order valence-corrected chi connectivity index (χ4v) is 2.06. The Hall–Kier alpha value is -1.10. The van der Waals surface area contributed by atoms with Gasteiger partial charge in [0.1, 0.15) is 0 Å². The summed E-state index contributed by atoms with van der Waals surface area (Å²) in [6.45, 7) is 2.49. The number of carboxylic acid groups (broad SMARTS) is 1. The second kappa shape index (κ2) is 4.82. The molecule has 1 aliphatic rings. The minimum absolute atomic E-state index is 0.0390. The molecule has 1 saturated heterocycles. The highest BCUT2D eigenvalue weighted by Gasteiger charge is 2.20. The second-order valence-electron chi connectivity index (χ2n) is 3.75. The lowest BCUT2D eigenvalue weighted by Crippen LogP contribution is -2.43. The molecule has 5 heteroatoms. The van der Waals surface area contributed by atoms with Gasteiger partial charge in [-0.15, -0.1) is 0 Å². The van der Waals surface area contributed by atoms with E-state index < -0.39 is 5.97 Å². The van der Waals surface area contributed by atoms with E-state index in [9.17, 15) is 4.79 Å². The van der Waals surface area contributed by atoms with Crippen molar-refractivity contribution in [3.05, 3.63) is 34.3 Å². The number of hydrogen-bond acceptors (Lipinski definition) is 3. The Balaban J connectivity index is 2.34. The molecule has 0 bridgehead atoms. The predicted molar refractivity (Wildman–Crippen MR) is 62.0 cm³/mol. The summed E-state index contributed by atoms with van der Waals surface area (Å²) in [4.78, 5) is 11.1. The smallest absolute Gasteiger partial charge is 0.336 e. The average molecular weight is 241 g/mol. The SMILES string of the molecule is O=C(O)c1cc(Cl)ccc1[C@H]1CNCCN1. The van der Waals surface area contributed by atoms with Crippen LogP contribution in [-0.4, -0.2) is 30.7 Å². The molecule has 0 aromatic heterocycles. The highest BCUT2D eigenvalue weighted by molar-refractivity contribution is 6.31. The first-order valence-corrected chi connectivity index (χ1v) is 5.53. The van der Waals surface area contributed by atoms with E-state index in [1.165, 1.54) is 6.07 Å². The maximum Gasteiger partial charge on any atom is 0.336 e. The molecule has 0 saturated carbocycles. The van der Waals surface area contributed by atoms with Crippen LogP contribution in [0, 0.1) is 0 Å².